The van der Waals surface area contributed by atoms with Gasteiger partial charge in [0.1, 0.15) is 5.60 Å². The quantitative estimate of drug-likeness (QED) is 0.371. The molecule has 1 rings (SSSR count). The van der Waals surface area contributed by atoms with E-state index in [9.17, 15) is 14.7 Å². The first kappa shape index (κ1) is 16.8. The second kappa shape index (κ2) is 6.05. The van der Waals surface area contributed by atoms with E-state index in [0.717, 1.165) is 0 Å². The molecule has 2 atom stereocenters. The van der Waals surface area contributed by atoms with Crippen molar-refractivity contribution in [1.29, 1.82) is 0 Å². The third-order valence-electron chi connectivity index (χ3n) is 3.24. The molecule has 0 aromatic carbocycles. The largest absolute Gasteiger partial charge is 0.481 e. The minimum atomic E-state index is -1.68. The van der Waals surface area contributed by atoms with Crippen molar-refractivity contribution in [3.8, 4) is 0 Å². The summed E-state index contributed by atoms with van der Waals surface area (Å²) in [5.74, 6) is -1.78. The highest BCUT2D eigenvalue weighted by molar-refractivity contribution is 5.82. The molecule has 21 heavy (non-hydrogen) atoms. The zero-order valence-corrected chi connectivity index (χ0v) is 12.4. The van der Waals surface area contributed by atoms with E-state index in [0.29, 0.717) is 6.42 Å². The van der Waals surface area contributed by atoms with Crippen molar-refractivity contribution >= 4 is 12.1 Å². The Hall–Kier alpha value is -2.21. The van der Waals surface area contributed by atoms with Crippen molar-refractivity contribution in [1.82, 2.24) is 4.90 Å². The molecule has 1 aliphatic heterocycles. The molecule has 1 heterocycles. The van der Waals surface area contributed by atoms with Gasteiger partial charge in [0.2, 0.25) is 0 Å². The molecule has 0 saturated carbocycles. The smallest absolute Gasteiger partial charge is 0.410 e. The van der Waals surface area contributed by atoms with Gasteiger partial charge in [-0.1, -0.05) is 11.2 Å². The van der Waals surface area contributed by atoms with E-state index in [2.05, 4.69) is 16.6 Å². The van der Waals surface area contributed by atoms with Gasteiger partial charge in [0.25, 0.3) is 0 Å². The summed E-state index contributed by atoms with van der Waals surface area (Å²) < 4.78 is 5.23. The molecule has 2 unspecified atom stereocenters. The Kier molecular flexibility index (Phi) is 4.85. The molecule has 0 aliphatic carbocycles. The van der Waals surface area contributed by atoms with Crippen molar-refractivity contribution in [3.63, 3.8) is 0 Å². The summed E-state index contributed by atoms with van der Waals surface area (Å²) in [5, 5.41) is 12.9. The Labute approximate surface area is 123 Å². The third-order valence-corrected chi connectivity index (χ3v) is 3.24. The maximum atomic E-state index is 12.1. The van der Waals surface area contributed by atoms with Crippen molar-refractivity contribution in [3.05, 3.63) is 23.1 Å². The van der Waals surface area contributed by atoms with Crippen LogP contribution in [0.1, 0.15) is 27.2 Å². The number of carbonyl (C=O) groups excluding carboxylic acids is 1. The summed E-state index contributed by atoms with van der Waals surface area (Å²) >= 11 is 0. The Morgan fingerprint density at radius 1 is 1.62 bits per heavy atom. The van der Waals surface area contributed by atoms with Crippen LogP contribution in [0.15, 0.2) is 17.8 Å². The zero-order valence-electron chi connectivity index (χ0n) is 12.4. The van der Waals surface area contributed by atoms with E-state index in [1.807, 2.05) is 0 Å². The molecule has 8 heteroatoms. The Morgan fingerprint density at radius 3 is 2.67 bits per heavy atom. The van der Waals surface area contributed by atoms with Crippen LogP contribution in [0.5, 0.6) is 0 Å². The molecular formula is C13H20N4O4. The molecule has 8 nitrogen and oxygen atoms in total. The monoisotopic (exact) mass is 296 g/mol. The summed E-state index contributed by atoms with van der Waals surface area (Å²) in [6.07, 6.45) is 1.26. The average molecular weight is 296 g/mol. The lowest BCUT2D eigenvalue weighted by Crippen LogP contribution is -2.45. The number of hydrogen-bond donors (Lipinski definition) is 1. The lowest BCUT2D eigenvalue weighted by Gasteiger charge is -2.25. The van der Waals surface area contributed by atoms with Crippen LogP contribution in [0.2, 0.25) is 0 Å². The molecule has 1 fully saturated rings. The van der Waals surface area contributed by atoms with Gasteiger partial charge in [-0.2, -0.15) is 0 Å². The van der Waals surface area contributed by atoms with Gasteiger partial charge in [-0.25, -0.2) is 4.79 Å². The Morgan fingerprint density at radius 2 is 2.24 bits per heavy atom. The third kappa shape index (κ3) is 3.66. The predicted molar refractivity (Wildman–Crippen MR) is 75.6 cm³/mol. The van der Waals surface area contributed by atoms with Gasteiger partial charge in [-0.15, -0.1) is 6.58 Å². The predicted octanol–water partition coefficient (Wildman–Crippen LogP) is 2.56. The fourth-order valence-corrected chi connectivity index (χ4v) is 2.32. The Balaban J connectivity index is 3.06. The molecule has 1 aliphatic rings. The Bertz CT molecular complexity index is 489. The molecule has 0 aromatic rings. The van der Waals surface area contributed by atoms with Crippen LogP contribution in [0.25, 0.3) is 10.4 Å². The fraction of sp³-hybridized carbons (Fsp3) is 0.692. The normalized spacial score (nSPS) is 25.1. The van der Waals surface area contributed by atoms with Gasteiger partial charge in [0.05, 0.1) is 0 Å². The van der Waals surface area contributed by atoms with Crippen molar-refractivity contribution in [2.45, 2.75) is 38.3 Å². The number of azide groups is 1. The average Bonchev–Trinajstić information content (AvgIpc) is 2.69. The van der Waals surface area contributed by atoms with E-state index < -0.39 is 29.1 Å². The highest BCUT2D eigenvalue weighted by atomic mass is 16.6. The second-order valence-electron chi connectivity index (χ2n) is 6.00. The number of rotatable bonds is 4. The van der Waals surface area contributed by atoms with Gasteiger partial charge in [0.15, 0.2) is 5.54 Å². The van der Waals surface area contributed by atoms with E-state index in [1.165, 1.54) is 4.90 Å². The maximum Gasteiger partial charge on any atom is 0.410 e. The van der Waals surface area contributed by atoms with Crippen LogP contribution < -0.4 is 0 Å². The minimum Gasteiger partial charge on any atom is -0.481 e. The number of carboxylic acid groups (broad SMARTS) is 1. The fourth-order valence-electron chi connectivity index (χ4n) is 2.32. The standard InChI is InChI=1S/C13H20N4O4/c1-5-6-9-7-17(11(20)21-12(2,3)4)8-13(9,10(18)19)15-16-14/h5,9H,1,6-8H2,2-4H3,(H,18,19). The molecule has 0 bridgehead atoms. The number of ether oxygens (including phenoxy) is 1. The van der Waals surface area contributed by atoms with Gasteiger partial charge < -0.3 is 14.7 Å². The van der Waals surface area contributed by atoms with Gasteiger partial charge in [0, 0.05) is 23.9 Å². The highest BCUT2D eigenvalue weighted by Crippen LogP contribution is 2.35. The van der Waals surface area contributed by atoms with Crippen LogP contribution >= 0.6 is 0 Å². The van der Waals surface area contributed by atoms with E-state index >= 15 is 0 Å². The first-order valence-electron chi connectivity index (χ1n) is 6.54. The summed E-state index contributed by atoms with van der Waals surface area (Å²) in [6.45, 7) is 8.68. The summed E-state index contributed by atoms with van der Waals surface area (Å²) in [7, 11) is 0. The van der Waals surface area contributed by atoms with Crippen molar-refractivity contribution in [2.75, 3.05) is 13.1 Å². The SMILES string of the molecule is C=CCC1CN(C(=O)OC(C)(C)C)CC1(N=[N+]=[N-])C(=O)O. The second-order valence-corrected chi connectivity index (χ2v) is 6.00. The summed E-state index contributed by atoms with van der Waals surface area (Å²) in [4.78, 5) is 27.6. The molecule has 1 saturated heterocycles. The molecular weight excluding hydrogens is 276 g/mol. The van der Waals surface area contributed by atoms with E-state index in [1.54, 1.807) is 26.8 Å². The van der Waals surface area contributed by atoms with E-state index in [-0.39, 0.29) is 13.1 Å². The lowest BCUT2D eigenvalue weighted by molar-refractivity contribution is -0.144. The van der Waals surface area contributed by atoms with Crippen LogP contribution in [0.3, 0.4) is 0 Å². The lowest BCUT2D eigenvalue weighted by atomic mass is 9.85. The topological polar surface area (TPSA) is 116 Å². The van der Waals surface area contributed by atoms with Crippen LogP contribution in [0, 0.1) is 5.92 Å². The first-order valence-corrected chi connectivity index (χ1v) is 6.54. The minimum absolute atomic E-state index is 0.145. The van der Waals surface area contributed by atoms with Crippen molar-refractivity contribution in [2.24, 2.45) is 11.0 Å². The van der Waals surface area contributed by atoms with Gasteiger partial charge in [-0.05, 0) is 32.7 Å². The molecule has 116 valence electrons. The number of amides is 1. The number of allylic oxidation sites excluding steroid dienone is 1. The molecule has 1 amide bonds. The van der Waals surface area contributed by atoms with Crippen LogP contribution in [-0.2, 0) is 9.53 Å². The van der Waals surface area contributed by atoms with Crippen LogP contribution in [-0.4, -0.2) is 46.3 Å². The zero-order chi connectivity index (χ0) is 16.3. The molecule has 0 spiro atoms. The van der Waals surface area contributed by atoms with Gasteiger partial charge >= 0.3 is 12.1 Å². The van der Waals surface area contributed by atoms with Crippen LogP contribution in [0.4, 0.5) is 4.79 Å². The molecule has 0 aromatic heterocycles. The highest BCUT2D eigenvalue weighted by Gasteiger charge is 2.53. The van der Waals surface area contributed by atoms with Gasteiger partial charge in [-0.3, -0.25) is 4.79 Å². The molecule has 0 radical (unpaired) electrons. The number of carbonyl (C=O) groups is 2. The van der Waals surface area contributed by atoms with Crippen molar-refractivity contribution < 1.29 is 19.4 Å². The first-order chi connectivity index (χ1) is 9.66. The number of likely N-dealkylation sites (tertiary alicyclic amines) is 1. The molecule has 1 N–H and O–H groups in total. The number of nitrogens with zero attached hydrogens (tertiary/aromatic N) is 4. The number of carboxylic acids is 1. The van der Waals surface area contributed by atoms with E-state index in [4.69, 9.17) is 10.3 Å². The summed E-state index contributed by atoms with van der Waals surface area (Å²) in [5.41, 5.74) is 6.31. The number of hydrogen-bond acceptors (Lipinski definition) is 4. The summed E-state index contributed by atoms with van der Waals surface area (Å²) in [6, 6.07) is 0. The maximum absolute atomic E-state index is 12.1. The number of aliphatic carboxylic acids is 1.